The second-order valence-corrected chi connectivity index (χ2v) is 15.9. The van der Waals surface area contributed by atoms with Crippen LogP contribution in [0.25, 0.3) is 109 Å². The van der Waals surface area contributed by atoms with Crippen LogP contribution in [-0.4, -0.2) is 19.1 Å². The van der Waals surface area contributed by atoms with Crippen LogP contribution in [0.1, 0.15) is 12.8 Å². The van der Waals surface area contributed by atoms with Gasteiger partial charge in [-0.2, -0.15) is 0 Å². The van der Waals surface area contributed by atoms with Crippen molar-refractivity contribution in [3.63, 3.8) is 0 Å². The largest absolute Gasteiger partial charge is 0.310 e. The average Bonchev–Trinajstić information content (AvgIpc) is 3.94. The lowest BCUT2D eigenvalue weighted by atomic mass is 9.97. The van der Waals surface area contributed by atoms with Crippen LogP contribution in [0.15, 0.2) is 182 Å². The Morgan fingerprint density at radius 2 is 1.18 bits per heavy atom. The summed E-state index contributed by atoms with van der Waals surface area (Å²) in [5.74, 6) is 0.729. The summed E-state index contributed by atoms with van der Waals surface area (Å²) in [4.78, 5) is 10.6. The van der Waals surface area contributed by atoms with Crippen LogP contribution >= 0.6 is 11.3 Å². The van der Waals surface area contributed by atoms with Crippen molar-refractivity contribution in [1.82, 2.24) is 19.1 Å². The molecule has 12 rings (SSSR count). The third-order valence-corrected chi connectivity index (χ3v) is 12.7. The highest BCUT2D eigenvalue weighted by molar-refractivity contribution is 7.26. The van der Waals surface area contributed by atoms with Crippen molar-refractivity contribution >= 4 is 80.9 Å². The molecule has 0 saturated heterocycles. The summed E-state index contributed by atoms with van der Waals surface area (Å²) < 4.78 is 7.21. The van der Waals surface area contributed by atoms with Gasteiger partial charge in [-0.25, -0.2) is 9.97 Å². The van der Waals surface area contributed by atoms with Crippen LogP contribution in [0.5, 0.6) is 0 Å². The van der Waals surface area contributed by atoms with Gasteiger partial charge in [0.1, 0.15) is 0 Å². The van der Waals surface area contributed by atoms with Crippen molar-refractivity contribution in [2.45, 2.75) is 12.8 Å². The highest BCUT2D eigenvalue weighted by Gasteiger charge is 2.21. The SMILES string of the molecule is C1=CC(n2c3ccc(-n4c5ccccc5c5ccccc54)cc3c3c(-c4cccc(-c5nc(-c6ccccc6)c6sc7ccccc7c6n5)c4)cccc32)=CCC1. The highest BCUT2D eigenvalue weighted by atomic mass is 32.1. The van der Waals surface area contributed by atoms with Crippen molar-refractivity contribution in [3.8, 4) is 39.5 Å². The van der Waals surface area contributed by atoms with Gasteiger partial charge < -0.3 is 9.13 Å². The van der Waals surface area contributed by atoms with Gasteiger partial charge in [-0.1, -0.05) is 127 Å². The second kappa shape index (κ2) is 12.7. The molecular weight excluding hydrogens is 713 g/mol. The van der Waals surface area contributed by atoms with Gasteiger partial charge in [-0.05, 0) is 78.6 Å². The lowest BCUT2D eigenvalue weighted by molar-refractivity contribution is 1.02. The van der Waals surface area contributed by atoms with Crippen molar-refractivity contribution in [3.05, 3.63) is 182 Å². The maximum Gasteiger partial charge on any atom is 0.160 e. The number of benzene rings is 7. The number of allylic oxidation sites excluding steroid dienone is 4. The van der Waals surface area contributed by atoms with Gasteiger partial charge in [0.05, 0.1) is 38.0 Å². The molecule has 11 aromatic rings. The smallest absolute Gasteiger partial charge is 0.160 e. The van der Waals surface area contributed by atoms with E-state index in [0.29, 0.717) is 0 Å². The van der Waals surface area contributed by atoms with Crippen LogP contribution in [0.3, 0.4) is 0 Å². The Kier molecular flexibility index (Phi) is 7.19. The Morgan fingerprint density at radius 1 is 0.491 bits per heavy atom. The summed E-state index contributed by atoms with van der Waals surface area (Å²) in [6.07, 6.45) is 9.05. The topological polar surface area (TPSA) is 35.6 Å². The number of thiophene rings is 1. The summed E-state index contributed by atoms with van der Waals surface area (Å²) in [5, 5.41) is 6.14. The molecule has 5 heteroatoms. The number of hydrogen-bond acceptors (Lipinski definition) is 3. The molecule has 0 aliphatic heterocycles. The first-order valence-electron chi connectivity index (χ1n) is 19.6. The minimum Gasteiger partial charge on any atom is -0.310 e. The zero-order chi connectivity index (χ0) is 37.5. The fourth-order valence-corrected chi connectivity index (χ4v) is 10.2. The van der Waals surface area contributed by atoms with Crippen molar-refractivity contribution < 1.29 is 0 Å². The predicted octanol–water partition coefficient (Wildman–Crippen LogP) is 14.2. The van der Waals surface area contributed by atoms with Crippen LogP contribution < -0.4 is 0 Å². The Hall–Kier alpha value is -7.08. The zero-order valence-electron chi connectivity index (χ0n) is 30.9. The molecule has 0 saturated carbocycles. The minimum absolute atomic E-state index is 0.729. The van der Waals surface area contributed by atoms with E-state index in [0.717, 1.165) is 62.3 Å². The normalized spacial score (nSPS) is 13.2. The fourth-order valence-electron chi connectivity index (χ4n) is 9.02. The molecule has 57 heavy (non-hydrogen) atoms. The molecule has 0 radical (unpaired) electrons. The predicted molar refractivity (Wildman–Crippen MR) is 241 cm³/mol. The number of hydrogen-bond donors (Lipinski definition) is 0. The Balaban J connectivity index is 1.10. The minimum atomic E-state index is 0.729. The van der Waals surface area contributed by atoms with E-state index in [1.807, 2.05) is 0 Å². The molecule has 1 aliphatic rings. The lowest BCUT2D eigenvalue weighted by Crippen LogP contribution is -1.98. The molecular formula is C52H34N4S. The molecule has 0 spiro atoms. The van der Waals surface area contributed by atoms with E-state index in [1.54, 1.807) is 11.3 Å². The maximum atomic E-state index is 5.32. The molecule has 4 heterocycles. The van der Waals surface area contributed by atoms with Crippen LogP contribution in [0.4, 0.5) is 0 Å². The van der Waals surface area contributed by atoms with E-state index in [-0.39, 0.29) is 0 Å². The van der Waals surface area contributed by atoms with E-state index >= 15 is 0 Å². The third kappa shape index (κ3) is 4.99. The van der Waals surface area contributed by atoms with Crippen LogP contribution in [0.2, 0.25) is 0 Å². The molecule has 1 aliphatic carbocycles. The Morgan fingerprint density at radius 3 is 1.98 bits per heavy atom. The van der Waals surface area contributed by atoms with Gasteiger partial charge >= 0.3 is 0 Å². The molecule has 0 atom stereocenters. The summed E-state index contributed by atoms with van der Waals surface area (Å²) in [5.41, 5.74) is 13.5. The molecule has 4 aromatic heterocycles. The van der Waals surface area contributed by atoms with Gasteiger partial charge in [-0.15, -0.1) is 11.3 Å². The van der Waals surface area contributed by atoms with Gasteiger partial charge in [0.15, 0.2) is 5.82 Å². The molecule has 0 unspecified atom stereocenters. The molecule has 0 bridgehead atoms. The molecule has 0 fully saturated rings. The lowest BCUT2D eigenvalue weighted by Gasteiger charge is -2.13. The molecule has 0 amide bonds. The summed E-state index contributed by atoms with van der Waals surface area (Å²) in [6.45, 7) is 0. The van der Waals surface area contributed by atoms with Gasteiger partial charge in [0.25, 0.3) is 0 Å². The fraction of sp³-hybridized carbons (Fsp3) is 0.0385. The quantitative estimate of drug-likeness (QED) is 0.176. The highest BCUT2D eigenvalue weighted by Crippen LogP contribution is 2.43. The van der Waals surface area contributed by atoms with E-state index in [2.05, 4.69) is 191 Å². The summed E-state index contributed by atoms with van der Waals surface area (Å²) in [6, 6.07) is 59.1. The van der Waals surface area contributed by atoms with E-state index < -0.39 is 0 Å². The standard InChI is InChI=1S/C52H34N4S/c1-3-15-33(16-4-1)49-51-50(41-23-9-12-28-47(41)57-51)54-52(53-49)35-18-13-17-34(31-35)38-24-14-27-46-48(38)42-32-37(29-30-45(42)55(46)36-19-5-2-6-20-36)56-43-25-10-7-21-39(43)40-22-8-11-26-44(40)56/h1,3-5,7-32H,2,6H2. The summed E-state index contributed by atoms with van der Waals surface area (Å²) in [7, 11) is 0. The monoisotopic (exact) mass is 746 g/mol. The number of para-hydroxylation sites is 2. The Bertz CT molecular complexity index is 3420. The second-order valence-electron chi connectivity index (χ2n) is 14.8. The summed E-state index contributed by atoms with van der Waals surface area (Å²) >= 11 is 1.77. The van der Waals surface area contributed by atoms with Crippen molar-refractivity contribution in [2.75, 3.05) is 0 Å². The van der Waals surface area contributed by atoms with Gasteiger partial charge in [-0.3, -0.25) is 0 Å². The number of nitrogens with zero attached hydrogens (tertiary/aromatic N) is 4. The van der Waals surface area contributed by atoms with Crippen LogP contribution in [0, 0.1) is 0 Å². The molecule has 4 nitrogen and oxygen atoms in total. The van der Waals surface area contributed by atoms with Crippen molar-refractivity contribution in [1.29, 1.82) is 0 Å². The first kappa shape index (κ1) is 32.2. The zero-order valence-corrected chi connectivity index (χ0v) is 31.7. The number of aromatic nitrogens is 4. The molecule has 268 valence electrons. The third-order valence-electron chi connectivity index (χ3n) is 11.5. The average molecular weight is 747 g/mol. The number of rotatable bonds is 5. The van der Waals surface area contributed by atoms with Crippen LogP contribution in [-0.2, 0) is 0 Å². The molecule has 7 aromatic carbocycles. The van der Waals surface area contributed by atoms with Crippen molar-refractivity contribution in [2.24, 2.45) is 0 Å². The van der Waals surface area contributed by atoms with E-state index in [9.17, 15) is 0 Å². The maximum absolute atomic E-state index is 5.32. The van der Waals surface area contributed by atoms with E-state index in [4.69, 9.17) is 9.97 Å². The number of fused-ring (bicyclic) bond motifs is 9. The van der Waals surface area contributed by atoms with Gasteiger partial charge in [0, 0.05) is 54.1 Å². The first-order valence-corrected chi connectivity index (χ1v) is 20.4. The van der Waals surface area contributed by atoms with E-state index in [1.165, 1.54) is 59.6 Å². The Labute approximate surface area is 332 Å². The van der Waals surface area contributed by atoms with Gasteiger partial charge in [0.2, 0.25) is 0 Å². The first-order chi connectivity index (χ1) is 28.3. The molecule has 0 N–H and O–H groups in total.